The first-order valence-electron chi connectivity index (χ1n) is 6.16. The predicted octanol–water partition coefficient (Wildman–Crippen LogP) is 3.24. The summed E-state index contributed by atoms with van der Waals surface area (Å²) in [5, 5.41) is 1.33. The second kappa shape index (κ2) is 6.54. The maximum atomic E-state index is 12.6. The van der Waals surface area contributed by atoms with Gasteiger partial charge in [-0.2, -0.15) is 13.2 Å². The molecule has 0 fully saturated rings. The quantitative estimate of drug-likeness (QED) is 0.776. The molecular weight excluding hydrogens is 387 g/mol. The number of halogens is 4. The molecule has 2 aromatic rings. The van der Waals surface area contributed by atoms with Crippen molar-refractivity contribution in [3.8, 4) is 0 Å². The van der Waals surface area contributed by atoms with Crippen molar-refractivity contribution in [3.05, 3.63) is 47.1 Å². The minimum Gasteiger partial charge on any atom is -0.376 e. The van der Waals surface area contributed by atoms with Gasteiger partial charge >= 0.3 is 6.18 Å². The van der Waals surface area contributed by atoms with E-state index in [4.69, 9.17) is 17.3 Å². The minimum absolute atomic E-state index is 0.00180. The molecule has 1 heterocycles. The summed E-state index contributed by atoms with van der Waals surface area (Å²) in [5.41, 5.74) is 4.61. The highest BCUT2D eigenvalue weighted by molar-refractivity contribution is 7.91. The Balaban J connectivity index is 2.42. The first-order valence-corrected chi connectivity index (χ1v) is 8.43. The van der Waals surface area contributed by atoms with Crippen molar-refractivity contribution < 1.29 is 21.6 Å². The van der Waals surface area contributed by atoms with Crippen molar-refractivity contribution >= 4 is 44.5 Å². The third-order valence-electron chi connectivity index (χ3n) is 2.82. The van der Waals surface area contributed by atoms with Crippen molar-refractivity contribution in [1.82, 2.24) is 4.98 Å². The van der Waals surface area contributed by atoms with Gasteiger partial charge in [-0.05, 0) is 42.5 Å². The van der Waals surface area contributed by atoms with Gasteiger partial charge in [-0.25, -0.2) is 13.4 Å². The molecule has 0 unspecified atom stereocenters. The van der Waals surface area contributed by atoms with E-state index in [9.17, 15) is 21.6 Å². The van der Waals surface area contributed by atoms with Gasteiger partial charge in [-0.1, -0.05) is 11.6 Å². The molecule has 2 rings (SSSR count). The van der Waals surface area contributed by atoms with Gasteiger partial charge in [0, 0.05) is 11.9 Å². The molecule has 3 N–H and O–H groups in total. The number of hydrogen-bond acceptors (Lipinski definition) is 4. The van der Waals surface area contributed by atoms with Crippen LogP contribution in [0, 0.1) is 0 Å². The van der Waals surface area contributed by atoms with Crippen LogP contribution in [0.1, 0.15) is 5.56 Å². The van der Waals surface area contributed by atoms with Crippen LogP contribution in [-0.4, -0.2) is 18.5 Å². The maximum Gasteiger partial charge on any atom is 0.417 e. The first kappa shape index (κ1) is 18.4. The van der Waals surface area contributed by atoms with Gasteiger partial charge < -0.3 is 11.1 Å². The summed E-state index contributed by atoms with van der Waals surface area (Å²) in [5.74, 6) is 0. The van der Waals surface area contributed by atoms with Gasteiger partial charge in [-0.3, -0.25) is 0 Å². The van der Waals surface area contributed by atoms with Crippen LogP contribution in [0.5, 0.6) is 0 Å². The Morgan fingerprint density at radius 2 is 1.83 bits per heavy atom. The van der Waals surface area contributed by atoms with E-state index in [-0.39, 0.29) is 10.0 Å². The molecule has 0 saturated carbocycles. The molecule has 11 heteroatoms. The highest BCUT2D eigenvalue weighted by Gasteiger charge is 2.33. The van der Waals surface area contributed by atoms with Gasteiger partial charge in [0.05, 0.1) is 15.5 Å². The van der Waals surface area contributed by atoms with Crippen molar-refractivity contribution in [1.29, 1.82) is 0 Å². The van der Waals surface area contributed by atoms with E-state index in [0.29, 0.717) is 18.0 Å². The van der Waals surface area contributed by atoms with Crippen molar-refractivity contribution in [3.63, 3.8) is 0 Å². The highest BCUT2D eigenvalue weighted by Crippen LogP contribution is 2.33. The lowest BCUT2D eigenvalue weighted by atomic mass is 10.3. The van der Waals surface area contributed by atoms with E-state index < -0.39 is 31.6 Å². The zero-order valence-corrected chi connectivity index (χ0v) is 14.0. The molecule has 1 aromatic carbocycles. The standard InChI is InChI=1S/C13H9ClF3N3O2S2/c14-10-5-7(13(15,16)17)6-19-11(10)24(21,22)9-3-1-8(2-4-9)20-12(18)23/h1-6H,(H3,18,20,23). The summed E-state index contributed by atoms with van der Waals surface area (Å²) in [6.07, 6.45) is -4.26. The summed E-state index contributed by atoms with van der Waals surface area (Å²) in [7, 11) is -4.18. The Bertz CT molecular complexity index is 884. The zero-order valence-electron chi connectivity index (χ0n) is 11.6. The molecular formula is C13H9ClF3N3O2S2. The number of nitrogens with zero attached hydrogens (tertiary/aromatic N) is 1. The van der Waals surface area contributed by atoms with Crippen LogP contribution in [0.3, 0.4) is 0 Å². The lowest BCUT2D eigenvalue weighted by Crippen LogP contribution is -2.18. The van der Waals surface area contributed by atoms with Gasteiger partial charge in [0.15, 0.2) is 10.1 Å². The van der Waals surface area contributed by atoms with Crippen LogP contribution < -0.4 is 11.1 Å². The Morgan fingerprint density at radius 3 is 2.29 bits per heavy atom. The van der Waals surface area contributed by atoms with Gasteiger partial charge in [0.2, 0.25) is 9.84 Å². The number of anilines is 1. The van der Waals surface area contributed by atoms with Gasteiger partial charge in [0.1, 0.15) is 0 Å². The molecule has 0 aliphatic heterocycles. The Labute approximate surface area is 145 Å². The molecule has 0 aliphatic rings. The Hall–Kier alpha value is -1.91. The fraction of sp³-hybridized carbons (Fsp3) is 0.0769. The average molecular weight is 396 g/mol. The Morgan fingerprint density at radius 1 is 1.25 bits per heavy atom. The summed E-state index contributed by atoms with van der Waals surface area (Å²) >= 11 is 10.3. The average Bonchev–Trinajstić information content (AvgIpc) is 2.45. The first-order chi connectivity index (χ1) is 11.0. The number of sulfone groups is 1. The second-order valence-electron chi connectivity index (χ2n) is 4.53. The number of nitrogens with one attached hydrogen (secondary N) is 1. The monoisotopic (exact) mass is 395 g/mol. The fourth-order valence-electron chi connectivity index (χ4n) is 1.75. The number of thiocarbonyl (C=S) groups is 1. The number of rotatable bonds is 3. The molecule has 0 aliphatic carbocycles. The smallest absolute Gasteiger partial charge is 0.376 e. The van der Waals surface area contributed by atoms with Crippen molar-refractivity contribution in [2.24, 2.45) is 5.73 Å². The molecule has 0 atom stereocenters. The fourth-order valence-corrected chi connectivity index (χ4v) is 3.56. The van der Waals surface area contributed by atoms with Crippen LogP contribution in [0.4, 0.5) is 18.9 Å². The molecule has 0 bridgehead atoms. The molecule has 1 aromatic heterocycles. The van der Waals surface area contributed by atoms with E-state index in [1.807, 2.05) is 0 Å². The van der Waals surface area contributed by atoms with Gasteiger partial charge in [0.25, 0.3) is 0 Å². The summed E-state index contributed by atoms with van der Waals surface area (Å²) in [6.45, 7) is 0. The largest absolute Gasteiger partial charge is 0.417 e. The van der Waals surface area contributed by atoms with E-state index in [1.54, 1.807) is 0 Å². The third-order valence-corrected chi connectivity index (χ3v) is 5.05. The predicted molar refractivity (Wildman–Crippen MR) is 86.6 cm³/mol. The van der Waals surface area contributed by atoms with Crippen molar-refractivity contribution in [2.75, 3.05) is 5.32 Å². The summed E-state index contributed by atoms with van der Waals surface area (Å²) in [4.78, 5) is 3.18. The van der Waals surface area contributed by atoms with Crippen molar-refractivity contribution in [2.45, 2.75) is 16.1 Å². The van der Waals surface area contributed by atoms with E-state index in [0.717, 1.165) is 0 Å². The molecule has 0 saturated heterocycles. The van der Waals surface area contributed by atoms with E-state index >= 15 is 0 Å². The molecule has 24 heavy (non-hydrogen) atoms. The summed E-state index contributed by atoms with van der Waals surface area (Å²) < 4.78 is 62.7. The van der Waals surface area contributed by atoms with Gasteiger partial charge in [-0.15, -0.1) is 0 Å². The second-order valence-corrected chi connectivity index (χ2v) is 7.24. The molecule has 5 nitrogen and oxygen atoms in total. The number of alkyl halides is 3. The molecule has 0 amide bonds. The SMILES string of the molecule is NC(=S)Nc1ccc(S(=O)(=O)c2ncc(C(F)(F)F)cc2Cl)cc1. The van der Waals surface area contributed by atoms with Crippen LogP contribution in [-0.2, 0) is 16.0 Å². The summed E-state index contributed by atoms with van der Waals surface area (Å²) in [6, 6.07) is 5.76. The van der Waals surface area contributed by atoms with Crippen LogP contribution in [0.2, 0.25) is 5.02 Å². The minimum atomic E-state index is -4.67. The van der Waals surface area contributed by atoms with E-state index in [1.165, 1.54) is 24.3 Å². The molecule has 0 spiro atoms. The molecule has 128 valence electrons. The lowest BCUT2D eigenvalue weighted by molar-refractivity contribution is -0.137. The van der Waals surface area contributed by atoms with Crippen LogP contribution in [0.25, 0.3) is 0 Å². The highest BCUT2D eigenvalue weighted by atomic mass is 35.5. The van der Waals surface area contributed by atoms with Crippen LogP contribution in [0.15, 0.2) is 46.5 Å². The Kier molecular flexibility index (Phi) is 5.02. The normalized spacial score (nSPS) is 12.0. The topological polar surface area (TPSA) is 85.1 Å². The number of nitrogens with two attached hydrogens (primary N) is 1. The van der Waals surface area contributed by atoms with Crippen LogP contribution >= 0.6 is 23.8 Å². The molecule has 0 radical (unpaired) electrons. The number of aromatic nitrogens is 1. The zero-order chi connectivity index (χ0) is 18.1. The third kappa shape index (κ3) is 3.94. The lowest BCUT2D eigenvalue weighted by Gasteiger charge is -2.10. The number of pyridine rings is 1. The maximum absolute atomic E-state index is 12.6. The van der Waals surface area contributed by atoms with E-state index in [2.05, 4.69) is 22.5 Å². The number of benzene rings is 1. The number of hydrogen-bond donors (Lipinski definition) is 2.